The van der Waals surface area contributed by atoms with Gasteiger partial charge >= 0.3 is 35.6 Å². The third kappa shape index (κ3) is 13.9. The van der Waals surface area contributed by atoms with Gasteiger partial charge in [-0.1, -0.05) is 31.7 Å². The Hall–Kier alpha value is -2.76. The van der Waals surface area contributed by atoms with Crippen molar-refractivity contribution < 1.29 is 74.0 Å². The molecular weight excluding hydrogens is 734 g/mol. The molecule has 0 aromatic heterocycles. The Kier molecular flexibility index (Phi) is 19.5. The van der Waals surface area contributed by atoms with Crippen molar-refractivity contribution in [2.45, 2.75) is 31.1 Å². The maximum Gasteiger partial charge on any atom is 0.346 e. The number of halogens is 12. The first-order valence-corrected chi connectivity index (χ1v) is 13.2. The zero-order chi connectivity index (χ0) is 35.2. The average molecular weight is 758 g/mol. The molecule has 0 fully saturated rings. The van der Waals surface area contributed by atoms with Crippen LogP contribution in [0.3, 0.4) is 0 Å². The van der Waals surface area contributed by atoms with E-state index in [0.29, 0.717) is 0 Å². The number of fused-ring (bicyclic) bond motifs is 2. The van der Waals surface area contributed by atoms with E-state index in [-0.39, 0.29) is 35.0 Å². The highest BCUT2D eigenvalue weighted by Crippen LogP contribution is 2.35. The standard InChI is InChI=1S/C12H8F4O4.C8H4Cl2O2.C4H6F4O2.CH2Cl2.CH4/c13-11(14)5-19-9(17)7-2-1-3-8(4-7)10(18)20-6-12(11,15)16;9-7(11)5-2-1-3-6(4-5)8(10)12;5-3(6,1-9)4(7,8)2-10;2-1-3;/h1-4H,5-6H2;1-4H;9-10H,1-2H2;1H2;1H4. The van der Waals surface area contributed by atoms with E-state index < -0.39 is 72.5 Å². The molecular formula is C26H24Cl4F8O8. The minimum Gasteiger partial charge on any atom is -0.455 e. The molecule has 8 nitrogen and oxygen atoms in total. The predicted molar refractivity (Wildman–Crippen MR) is 151 cm³/mol. The van der Waals surface area contributed by atoms with Gasteiger partial charge < -0.3 is 19.7 Å². The van der Waals surface area contributed by atoms with Gasteiger partial charge in [0.2, 0.25) is 0 Å². The lowest BCUT2D eigenvalue weighted by molar-refractivity contribution is -0.239. The second kappa shape index (κ2) is 19.8. The zero-order valence-corrected chi connectivity index (χ0v) is 25.1. The summed E-state index contributed by atoms with van der Waals surface area (Å²) in [7, 11) is 0. The van der Waals surface area contributed by atoms with Gasteiger partial charge in [0.1, 0.15) is 13.2 Å². The summed E-state index contributed by atoms with van der Waals surface area (Å²) in [5.74, 6) is -20.8. The highest BCUT2D eigenvalue weighted by atomic mass is 35.5. The van der Waals surface area contributed by atoms with Crippen molar-refractivity contribution in [2.75, 3.05) is 31.8 Å². The average Bonchev–Trinajstić information content (AvgIpc) is 2.99. The molecule has 3 rings (SSSR count). The molecule has 1 aliphatic heterocycles. The molecule has 2 aromatic rings. The first kappa shape index (κ1) is 45.4. The molecule has 2 N–H and O–H groups in total. The van der Waals surface area contributed by atoms with E-state index in [2.05, 4.69) is 9.47 Å². The molecule has 20 heteroatoms. The number of carbonyl (C=O) groups excluding carboxylic acids is 4. The number of ether oxygens (including phenoxy) is 2. The van der Waals surface area contributed by atoms with Crippen molar-refractivity contribution in [3.8, 4) is 0 Å². The van der Waals surface area contributed by atoms with Gasteiger partial charge in [-0.3, -0.25) is 9.59 Å². The van der Waals surface area contributed by atoms with Crippen LogP contribution in [0.25, 0.3) is 0 Å². The number of aliphatic hydroxyl groups is 2. The number of hydrogen-bond acceptors (Lipinski definition) is 8. The normalized spacial score (nSPS) is 15.2. The van der Waals surface area contributed by atoms with E-state index in [9.17, 15) is 54.3 Å². The number of esters is 2. The number of alkyl halides is 10. The maximum atomic E-state index is 13.2. The molecule has 0 amide bonds. The van der Waals surface area contributed by atoms with Crippen LogP contribution in [-0.4, -0.2) is 88.1 Å². The summed E-state index contributed by atoms with van der Waals surface area (Å²) >= 11 is 19.9. The fourth-order valence-electron chi connectivity index (χ4n) is 2.46. The summed E-state index contributed by atoms with van der Waals surface area (Å²) in [6.07, 6.45) is 0. The van der Waals surface area contributed by atoms with Crippen LogP contribution in [0.5, 0.6) is 0 Å². The minimum absolute atomic E-state index is 0. The van der Waals surface area contributed by atoms with E-state index in [4.69, 9.17) is 56.6 Å². The summed E-state index contributed by atoms with van der Waals surface area (Å²) in [6.45, 7) is -7.55. The monoisotopic (exact) mass is 756 g/mol. The lowest BCUT2D eigenvalue weighted by Gasteiger charge is -2.25. The van der Waals surface area contributed by atoms with Crippen LogP contribution in [0, 0.1) is 0 Å². The molecule has 2 bridgehead atoms. The van der Waals surface area contributed by atoms with Crippen molar-refractivity contribution in [2.24, 2.45) is 0 Å². The van der Waals surface area contributed by atoms with Crippen LogP contribution in [0.4, 0.5) is 35.1 Å². The largest absolute Gasteiger partial charge is 0.455 e. The molecule has 2 aromatic carbocycles. The molecule has 1 heterocycles. The van der Waals surface area contributed by atoms with Crippen molar-refractivity contribution in [3.63, 3.8) is 0 Å². The molecule has 0 radical (unpaired) electrons. The fraction of sp³-hybridized carbons (Fsp3) is 0.385. The van der Waals surface area contributed by atoms with E-state index in [0.717, 1.165) is 6.07 Å². The van der Waals surface area contributed by atoms with Gasteiger partial charge in [-0.25, -0.2) is 9.59 Å². The van der Waals surface area contributed by atoms with E-state index >= 15 is 0 Å². The molecule has 0 unspecified atom stereocenters. The van der Waals surface area contributed by atoms with Crippen LogP contribution in [0.15, 0.2) is 48.5 Å². The molecule has 0 saturated heterocycles. The van der Waals surface area contributed by atoms with Crippen molar-refractivity contribution >= 4 is 68.8 Å². The SMILES string of the molecule is C.ClCCl.O=C(Cl)c1cccc(C(=O)Cl)c1.O=C1OCC(F)(F)C(F)(F)COC(=O)c2cccc1c2.OCC(F)(F)C(F)(F)CO. The Morgan fingerprint density at radius 1 is 0.717 bits per heavy atom. The maximum absolute atomic E-state index is 13.2. The van der Waals surface area contributed by atoms with E-state index in [1.54, 1.807) is 6.07 Å². The molecule has 46 heavy (non-hydrogen) atoms. The van der Waals surface area contributed by atoms with Gasteiger partial charge in [0.15, 0.2) is 13.2 Å². The number of aliphatic hydroxyl groups excluding tert-OH is 2. The number of hydrogen-bond donors (Lipinski definition) is 2. The van der Waals surface area contributed by atoms with Crippen molar-refractivity contribution in [1.82, 2.24) is 0 Å². The lowest BCUT2D eigenvalue weighted by atomic mass is 10.1. The van der Waals surface area contributed by atoms with E-state index in [1.165, 1.54) is 36.4 Å². The van der Waals surface area contributed by atoms with Crippen LogP contribution >= 0.6 is 46.4 Å². The third-order valence-electron chi connectivity index (χ3n) is 4.89. The smallest absolute Gasteiger partial charge is 0.346 e. The van der Waals surface area contributed by atoms with Crippen LogP contribution < -0.4 is 0 Å². The predicted octanol–water partition coefficient (Wildman–Crippen LogP) is 7.03. The molecule has 0 atom stereocenters. The van der Waals surface area contributed by atoms with Crippen molar-refractivity contribution in [3.05, 3.63) is 70.8 Å². The number of benzene rings is 2. The Balaban J connectivity index is 0. The Morgan fingerprint density at radius 2 is 1.02 bits per heavy atom. The topological polar surface area (TPSA) is 127 Å². The van der Waals surface area contributed by atoms with Gasteiger partial charge in [0.05, 0.1) is 16.5 Å². The summed E-state index contributed by atoms with van der Waals surface area (Å²) in [6, 6.07) is 10.6. The third-order valence-corrected chi connectivity index (χ3v) is 5.32. The Bertz CT molecular complexity index is 1230. The summed E-state index contributed by atoms with van der Waals surface area (Å²) in [5, 5.41) is 14.4. The minimum atomic E-state index is -4.64. The molecule has 260 valence electrons. The Morgan fingerprint density at radius 3 is 1.30 bits per heavy atom. The Labute approximate surface area is 276 Å². The fourth-order valence-corrected chi connectivity index (χ4v) is 2.69. The number of rotatable bonds is 5. The zero-order valence-electron chi connectivity index (χ0n) is 22.0. The van der Waals surface area contributed by atoms with Crippen LogP contribution in [0.2, 0.25) is 0 Å². The number of cyclic esters (lactones) is 2. The summed E-state index contributed by atoms with van der Waals surface area (Å²) < 4.78 is 108. The van der Waals surface area contributed by atoms with Gasteiger partial charge in [0.25, 0.3) is 10.5 Å². The molecule has 0 saturated carbocycles. The molecule has 1 aliphatic rings. The van der Waals surface area contributed by atoms with Gasteiger partial charge in [-0.05, 0) is 47.5 Å². The second-order valence-electron chi connectivity index (χ2n) is 8.10. The molecule has 0 aliphatic carbocycles. The highest BCUT2D eigenvalue weighted by Gasteiger charge is 2.58. The number of carbonyl (C=O) groups is 4. The first-order chi connectivity index (χ1) is 20.6. The summed E-state index contributed by atoms with van der Waals surface area (Å²) in [5.41, 5.74) is 0.118. The summed E-state index contributed by atoms with van der Waals surface area (Å²) in [4.78, 5) is 44.2. The second-order valence-corrected chi connectivity index (χ2v) is 9.59. The first-order valence-electron chi connectivity index (χ1n) is 11.4. The van der Waals surface area contributed by atoms with E-state index in [1.807, 2.05) is 0 Å². The van der Waals surface area contributed by atoms with Gasteiger partial charge in [0, 0.05) is 11.1 Å². The molecule has 0 spiro atoms. The highest BCUT2D eigenvalue weighted by molar-refractivity contribution is 6.69. The van der Waals surface area contributed by atoms with Gasteiger partial charge in [-0.15, -0.1) is 23.2 Å². The van der Waals surface area contributed by atoms with Gasteiger partial charge in [-0.2, -0.15) is 35.1 Å². The van der Waals surface area contributed by atoms with Crippen LogP contribution in [-0.2, 0) is 9.47 Å². The van der Waals surface area contributed by atoms with Crippen LogP contribution in [0.1, 0.15) is 48.9 Å². The quantitative estimate of drug-likeness (QED) is 0.144. The van der Waals surface area contributed by atoms with Crippen molar-refractivity contribution in [1.29, 1.82) is 0 Å². The lowest BCUT2D eigenvalue weighted by Crippen LogP contribution is -2.48.